The molecule has 8 aromatic rings. The Morgan fingerprint density at radius 3 is 1.39 bits per heavy atom. The van der Waals surface area contributed by atoms with E-state index >= 15 is 0 Å². The van der Waals surface area contributed by atoms with Crippen LogP contribution in [0.3, 0.4) is 0 Å². The Kier molecular flexibility index (Phi) is 5.53. The quantitative estimate of drug-likeness (QED) is 0.178. The molecule has 0 aromatic heterocycles. The first kappa shape index (κ1) is 25.9. The molecular formula is C45H28S. The molecule has 0 unspecified atom stereocenters. The van der Waals surface area contributed by atoms with Crippen LogP contribution in [0.2, 0.25) is 0 Å². The minimum absolute atomic E-state index is 0.393. The van der Waals surface area contributed by atoms with Gasteiger partial charge < -0.3 is 0 Å². The van der Waals surface area contributed by atoms with Gasteiger partial charge in [0, 0.05) is 9.79 Å². The maximum Gasteiger partial charge on any atom is 0.0735 e. The molecule has 2 aliphatic rings. The molecule has 1 spiro atoms. The summed E-state index contributed by atoms with van der Waals surface area (Å²) in [6.07, 6.45) is 0. The summed E-state index contributed by atoms with van der Waals surface area (Å²) in [5.41, 5.74) is 12.8. The lowest BCUT2D eigenvalue weighted by Gasteiger charge is -2.39. The highest BCUT2D eigenvalue weighted by atomic mass is 32.2. The summed E-state index contributed by atoms with van der Waals surface area (Å²) in [7, 11) is 0. The molecule has 1 aliphatic carbocycles. The summed E-state index contributed by atoms with van der Waals surface area (Å²) in [5.74, 6) is 0. The van der Waals surface area contributed by atoms with E-state index in [0.717, 1.165) is 0 Å². The fourth-order valence-corrected chi connectivity index (χ4v) is 9.56. The second-order valence-electron chi connectivity index (χ2n) is 12.4. The average Bonchev–Trinajstić information content (AvgIpc) is 3.41. The van der Waals surface area contributed by atoms with Crippen LogP contribution in [0.25, 0.3) is 54.9 Å². The topological polar surface area (TPSA) is 0 Å². The van der Waals surface area contributed by atoms with E-state index in [0.29, 0.717) is 0 Å². The van der Waals surface area contributed by atoms with Gasteiger partial charge in [0.25, 0.3) is 0 Å². The molecule has 0 nitrogen and oxygen atoms in total. The zero-order chi connectivity index (χ0) is 30.2. The van der Waals surface area contributed by atoms with Crippen molar-refractivity contribution in [2.45, 2.75) is 15.2 Å². The molecule has 0 bridgehead atoms. The van der Waals surface area contributed by atoms with E-state index in [2.05, 4.69) is 170 Å². The van der Waals surface area contributed by atoms with Gasteiger partial charge in [-0.1, -0.05) is 163 Å². The molecule has 0 radical (unpaired) electrons. The molecule has 214 valence electrons. The van der Waals surface area contributed by atoms with Gasteiger partial charge in [0.05, 0.1) is 5.41 Å². The third-order valence-corrected chi connectivity index (χ3v) is 11.3. The summed E-state index contributed by atoms with van der Waals surface area (Å²) < 4.78 is 0. The van der Waals surface area contributed by atoms with Gasteiger partial charge in [-0.3, -0.25) is 0 Å². The Bertz CT molecular complexity index is 2400. The summed E-state index contributed by atoms with van der Waals surface area (Å²) in [4.78, 5) is 2.66. The Hall–Kier alpha value is -5.37. The normalized spacial score (nSPS) is 13.7. The fraction of sp³-hybridized carbons (Fsp3) is 0.0222. The number of hydrogen-bond donors (Lipinski definition) is 0. The molecule has 0 atom stereocenters. The van der Waals surface area contributed by atoms with Crippen molar-refractivity contribution in [3.05, 3.63) is 192 Å². The van der Waals surface area contributed by atoms with Gasteiger partial charge >= 0.3 is 0 Å². The maximum atomic E-state index is 2.52. The van der Waals surface area contributed by atoms with E-state index in [-0.39, 0.29) is 0 Å². The molecule has 10 rings (SSSR count). The molecule has 0 saturated heterocycles. The van der Waals surface area contributed by atoms with E-state index in [4.69, 9.17) is 0 Å². The predicted octanol–water partition coefficient (Wildman–Crippen LogP) is 12.2. The van der Waals surface area contributed by atoms with Crippen molar-refractivity contribution in [3.8, 4) is 33.4 Å². The van der Waals surface area contributed by atoms with Crippen molar-refractivity contribution < 1.29 is 0 Å². The van der Waals surface area contributed by atoms with Gasteiger partial charge in [-0.25, -0.2) is 0 Å². The lowest BCUT2D eigenvalue weighted by atomic mass is 9.67. The SMILES string of the molecule is c1ccc(-c2c3ccccc3c(-c3ccc4c(c3)C3(c5ccccc5Sc5ccccc53)c3ccccc3-4)c3ccccc23)cc1. The monoisotopic (exact) mass is 600 g/mol. The van der Waals surface area contributed by atoms with Gasteiger partial charge in [0.15, 0.2) is 0 Å². The van der Waals surface area contributed by atoms with Crippen LogP contribution in [-0.2, 0) is 5.41 Å². The van der Waals surface area contributed by atoms with Crippen LogP contribution < -0.4 is 0 Å². The minimum Gasteiger partial charge on any atom is -0.0894 e. The lowest BCUT2D eigenvalue weighted by molar-refractivity contribution is 0.722. The molecule has 1 aliphatic heterocycles. The van der Waals surface area contributed by atoms with Gasteiger partial charge in [-0.2, -0.15) is 0 Å². The van der Waals surface area contributed by atoms with E-state index in [1.165, 1.54) is 87.0 Å². The molecule has 0 fully saturated rings. The van der Waals surface area contributed by atoms with E-state index < -0.39 is 5.41 Å². The third-order valence-electron chi connectivity index (χ3n) is 10.1. The third kappa shape index (κ3) is 3.41. The van der Waals surface area contributed by atoms with E-state index in [1.807, 2.05) is 11.8 Å². The maximum absolute atomic E-state index is 2.52. The lowest BCUT2D eigenvalue weighted by Crippen LogP contribution is -2.31. The molecule has 1 heteroatoms. The molecular weight excluding hydrogens is 573 g/mol. The van der Waals surface area contributed by atoms with Gasteiger partial charge in [0.2, 0.25) is 0 Å². The Morgan fingerprint density at radius 1 is 0.326 bits per heavy atom. The molecule has 8 aromatic carbocycles. The van der Waals surface area contributed by atoms with Crippen LogP contribution in [-0.4, -0.2) is 0 Å². The summed E-state index contributed by atoms with van der Waals surface area (Å²) >= 11 is 1.90. The first-order chi connectivity index (χ1) is 22.8. The number of rotatable bonds is 2. The number of hydrogen-bond acceptors (Lipinski definition) is 1. The number of benzene rings is 8. The second-order valence-corrected chi connectivity index (χ2v) is 13.4. The first-order valence-corrected chi connectivity index (χ1v) is 16.8. The first-order valence-electron chi connectivity index (χ1n) is 15.9. The van der Waals surface area contributed by atoms with Crippen molar-refractivity contribution in [3.63, 3.8) is 0 Å². The van der Waals surface area contributed by atoms with Crippen molar-refractivity contribution in [1.29, 1.82) is 0 Å². The highest BCUT2D eigenvalue weighted by molar-refractivity contribution is 7.99. The van der Waals surface area contributed by atoms with E-state index in [9.17, 15) is 0 Å². The predicted molar refractivity (Wildman–Crippen MR) is 194 cm³/mol. The van der Waals surface area contributed by atoms with Crippen molar-refractivity contribution >= 4 is 33.3 Å². The zero-order valence-corrected chi connectivity index (χ0v) is 25.9. The molecule has 0 saturated carbocycles. The minimum atomic E-state index is -0.393. The van der Waals surface area contributed by atoms with Crippen LogP contribution in [0.15, 0.2) is 180 Å². The molecule has 1 heterocycles. The van der Waals surface area contributed by atoms with Crippen molar-refractivity contribution in [2.75, 3.05) is 0 Å². The molecule has 0 N–H and O–H groups in total. The molecule has 46 heavy (non-hydrogen) atoms. The second kappa shape index (κ2) is 9.81. The van der Waals surface area contributed by atoms with Crippen molar-refractivity contribution in [2.24, 2.45) is 0 Å². The van der Waals surface area contributed by atoms with Crippen LogP contribution in [0.1, 0.15) is 22.3 Å². The largest absolute Gasteiger partial charge is 0.0894 e. The van der Waals surface area contributed by atoms with Crippen LogP contribution >= 0.6 is 11.8 Å². The smallest absolute Gasteiger partial charge is 0.0735 e. The number of fused-ring (bicyclic) bond motifs is 11. The van der Waals surface area contributed by atoms with E-state index in [1.54, 1.807) is 0 Å². The van der Waals surface area contributed by atoms with Gasteiger partial charge in [-0.15, -0.1) is 0 Å². The Balaban J connectivity index is 1.34. The zero-order valence-electron chi connectivity index (χ0n) is 25.1. The van der Waals surface area contributed by atoms with Crippen molar-refractivity contribution in [1.82, 2.24) is 0 Å². The highest BCUT2D eigenvalue weighted by Crippen LogP contribution is 2.62. The summed E-state index contributed by atoms with van der Waals surface area (Å²) in [6.45, 7) is 0. The Morgan fingerprint density at radius 2 is 0.783 bits per heavy atom. The highest BCUT2D eigenvalue weighted by Gasteiger charge is 2.50. The summed E-state index contributed by atoms with van der Waals surface area (Å²) in [6, 6.07) is 63.2. The van der Waals surface area contributed by atoms with Crippen LogP contribution in [0, 0.1) is 0 Å². The van der Waals surface area contributed by atoms with Crippen LogP contribution in [0.5, 0.6) is 0 Å². The van der Waals surface area contributed by atoms with Gasteiger partial charge in [-0.05, 0) is 95.4 Å². The average molecular weight is 601 g/mol. The molecule has 0 amide bonds. The van der Waals surface area contributed by atoms with Gasteiger partial charge in [0.1, 0.15) is 0 Å². The Labute approximate surface area is 273 Å². The standard InChI is InChI=1S/C45H28S/c1-2-14-29(15-3-1)43-33-17-4-6-19-35(33)44(36-20-7-5-18-34(36)43)30-26-27-32-31-16-8-9-21-37(31)45(40(32)28-30)38-22-10-12-24-41(38)46-42-25-13-11-23-39(42)45/h1-28H. The van der Waals surface area contributed by atoms with Crippen LogP contribution in [0.4, 0.5) is 0 Å². The summed E-state index contributed by atoms with van der Waals surface area (Å²) in [5, 5.41) is 5.13. The fourth-order valence-electron chi connectivity index (χ4n) is 8.36.